The van der Waals surface area contributed by atoms with E-state index in [0.29, 0.717) is 0 Å². The van der Waals surface area contributed by atoms with Crippen molar-refractivity contribution in [2.45, 2.75) is 58.3 Å². The summed E-state index contributed by atoms with van der Waals surface area (Å²) < 4.78 is 32.9. The molecule has 132 valence electrons. The molecular formula is C14H22O8S. The van der Waals surface area contributed by atoms with Crippen molar-refractivity contribution in [1.29, 1.82) is 0 Å². The first-order chi connectivity index (χ1) is 10.6. The number of hydrogen-bond acceptors (Lipinski definition) is 7. The van der Waals surface area contributed by atoms with Crippen LogP contribution in [0.3, 0.4) is 0 Å². The van der Waals surface area contributed by atoms with Crippen molar-refractivity contribution in [3.8, 4) is 0 Å². The van der Waals surface area contributed by atoms with Crippen molar-refractivity contribution in [3.05, 3.63) is 0 Å². The van der Waals surface area contributed by atoms with Gasteiger partial charge in [0.15, 0.2) is 0 Å². The zero-order chi connectivity index (χ0) is 17.9. The van der Waals surface area contributed by atoms with Crippen LogP contribution in [0.25, 0.3) is 0 Å². The van der Waals surface area contributed by atoms with Gasteiger partial charge in [0, 0.05) is 44.9 Å². The molecular weight excluding hydrogens is 328 g/mol. The highest BCUT2D eigenvalue weighted by molar-refractivity contribution is 7.80. The highest BCUT2D eigenvalue weighted by Gasteiger charge is 2.11. The summed E-state index contributed by atoms with van der Waals surface area (Å²) in [6.07, 6.45) is 0.645. The lowest BCUT2D eigenvalue weighted by atomic mass is 10.0. The van der Waals surface area contributed by atoms with E-state index in [1.807, 2.05) is 0 Å². The molecule has 1 N–H and O–H groups in total. The molecule has 0 aliphatic carbocycles. The van der Waals surface area contributed by atoms with Crippen molar-refractivity contribution in [2.24, 2.45) is 0 Å². The fraction of sp³-hybridized carbons (Fsp3) is 0.714. The van der Waals surface area contributed by atoms with Gasteiger partial charge in [-0.2, -0.15) is 8.42 Å². The maximum absolute atomic E-state index is 11.5. The Morgan fingerprint density at radius 1 is 0.783 bits per heavy atom. The molecule has 0 unspecified atom stereocenters. The van der Waals surface area contributed by atoms with Crippen LogP contribution in [-0.2, 0) is 33.8 Å². The summed E-state index contributed by atoms with van der Waals surface area (Å²) in [7, 11) is -4.49. The van der Waals surface area contributed by atoms with E-state index in [0.717, 1.165) is 0 Å². The number of carbonyl (C=O) groups excluding carboxylic acids is 4. The minimum Gasteiger partial charge on any atom is -0.300 e. The van der Waals surface area contributed by atoms with Crippen LogP contribution in [0.4, 0.5) is 0 Å². The predicted molar refractivity (Wildman–Crippen MR) is 80.1 cm³/mol. The van der Waals surface area contributed by atoms with E-state index in [1.165, 1.54) is 6.92 Å². The van der Waals surface area contributed by atoms with E-state index >= 15 is 0 Å². The summed E-state index contributed by atoms with van der Waals surface area (Å²) in [5, 5.41) is 0. The molecule has 0 aromatic carbocycles. The van der Waals surface area contributed by atoms with E-state index < -0.39 is 10.4 Å². The molecule has 0 atom stereocenters. The normalized spacial score (nSPS) is 11.2. The van der Waals surface area contributed by atoms with Gasteiger partial charge in [-0.05, 0) is 13.3 Å². The van der Waals surface area contributed by atoms with Gasteiger partial charge in [-0.15, -0.1) is 0 Å². The molecule has 0 rings (SSSR count). The third-order valence-corrected chi connectivity index (χ3v) is 3.42. The SMILES string of the molecule is CC(=O)CCC(=O)CCC(=O)CCC(=O)CCCOS(=O)(=O)O. The van der Waals surface area contributed by atoms with E-state index in [-0.39, 0.29) is 81.1 Å². The van der Waals surface area contributed by atoms with Crippen molar-refractivity contribution in [2.75, 3.05) is 6.61 Å². The summed E-state index contributed by atoms with van der Waals surface area (Å²) in [5.74, 6) is -0.653. The maximum Gasteiger partial charge on any atom is 0.397 e. The highest BCUT2D eigenvalue weighted by Crippen LogP contribution is 2.06. The van der Waals surface area contributed by atoms with Crippen molar-refractivity contribution in [1.82, 2.24) is 0 Å². The van der Waals surface area contributed by atoms with Gasteiger partial charge >= 0.3 is 10.4 Å². The quantitative estimate of drug-likeness (QED) is 0.365. The Kier molecular flexibility index (Phi) is 10.4. The van der Waals surface area contributed by atoms with Gasteiger partial charge in [0.25, 0.3) is 0 Å². The molecule has 0 spiro atoms. The van der Waals surface area contributed by atoms with Gasteiger partial charge < -0.3 is 4.79 Å². The predicted octanol–water partition coefficient (Wildman–Crippen LogP) is 1.22. The van der Waals surface area contributed by atoms with Crippen molar-refractivity contribution < 1.29 is 36.3 Å². The molecule has 0 saturated carbocycles. The Morgan fingerprint density at radius 2 is 1.17 bits per heavy atom. The van der Waals surface area contributed by atoms with Crippen LogP contribution in [0.2, 0.25) is 0 Å². The van der Waals surface area contributed by atoms with Gasteiger partial charge in [-0.1, -0.05) is 0 Å². The lowest BCUT2D eigenvalue weighted by Gasteiger charge is -2.02. The monoisotopic (exact) mass is 350 g/mol. The number of Topliss-reactive ketones (excluding diaryl/α,β-unsaturated/α-hetero) is 4. The summed E-state index contributed by atoms with van der Waals surface area (Å²) in [4.78, 5) is 45.1. The minimum atomic E-state index is -4.49. The number of ketones is 4. The van der Waals surface area contributed by atoms with E-state index in [4.69, 9.17) is 4.55 Å². The van der Waals surface area contributed by atoms with Gasteiger partial charge in [0.1, 0.15) is 23.1 Å². The fourth-order valence-electron chi connectivity index (χ4n) is 1.68. The minimum absolute atomic E-state index is 0.0202. The third-order valence-electron chi connectivity index (χ3n) is 2.95. The van der Waals surface area contributed by atoms with E-state index in [9.17, 15) is 27.6 Å². The second kappa shape index (κ2) is 11.1. The van der Waals surface area contributed by atoms with Gasteiger partial charge in [-0.25, -0.2) is 4.18 Å². The largest absolute Gasteiger partial charge is 0.397 e. The second-order valence-electron chi connectivity index (χ2n) is 5.17. The van der Waals surface area contributed by atoms with E-state index in [2.05, 4.69) is 4.18 Å². The topological polar surface area (TPSA) is 132 Å². The van der Waals surface area contributed by atoms with Crippen LogP contribution < -0.4 is 0 Å². The Morgan fingerprint density at radius 3 is 1.57 bits per heavy atom. The molecule has 8 nitrogen and oxygen atoms in total. The second-order valence-corrected chi connectivity index (χ2v) is 6.26. The third kappa shape index (κ3) is 15.2. The Balaban J connectivity index is 3.74. The number of rotatable bonds is 14. The molecule has 0 aliphatic rings. The smallest absolute Gasteiger partial charge is 0.300 e. The first-order valence-corrected chi connectivity index (χ1v) is 8.63. The Bertz CT molecular complexity index is 535. The van der Waals surface area contributed by atoms with Gasteiger partial charge in [0.2, 0.25) is 0 Å². The van der Waals surface area contributed by atoms with Crippen molar-refractivity contribution in [3.63, 3.8) is 0 Å². The molecule has 0 aromatic heterocycles. The maximum atomic E-state index is 11.5. The number of hydrogen-bond donors (Lipinski definition) is 1. The van der Waals surface area contributed by atoms with Crippen molar-refractivity contribution >= 4 is 33.5 Å². The first kappa shape index (κ1) is 21.6. The summed E-state index contributed by atoms with van der Waals surface area (Å²) in [6.45, 7) is 1.09. The van der Waals surface area contributed by atoms with Gasteiger partial charge in [0.05, 0.1) is 6.61 Å². The summed E-state index contributed by atoms with van der Waals surface area (Å²) in [6, 6.07) is 0. The Labute approximate surface area is 135 Å². The zero-order valence-corrected chi connectivity index (χ0v) is 13.9. The van der Waals surface area contributed by atoms with Crippen LogP contribution in [0.5, 0.6) is 0 Å². The molecule has 0 saturated heterocycles. The lowest BCUT2D eigenvalue weighted by molar-refractivity contribution is -0.126. The molecule has 0 aromatic rings. The van der Waals surface area contributed by atoms with Crippen LogP contribution in [0.1, 0.15) is 58.3 Å². The fourth-order valence-corrected chi connectivity index (χ4v) is 2.01. The molecule has 0 heterocycles. The van der Waals surface area contributed by atoms with Gasteiger partial charge in [-0.3, -0.25) is 18.9 Å². The molecule has 0 amide bonds. The number of carbonyl (C=O) groups is 4. The molecule has 23 heavy (non-hydrogen) atoms. The molecule has 9 heteroatoms. The molecule has 0 aliphatic heterocycles. The molecule has 0 fully saturated rings. The average molecular weight is 350 g/mol. The van der Waals surface area contributed by atoms with E-state index in [1.54, 1.807) is 0 Å². The molecule has 0 bridgehead atoms. The zero-order valence-electron chi connectivity index (χ0n) is 13.1. The first-order valence-electron chi connectivity index (χ1n) is 7.26. The lowest BCUT2D eigenvalue weighted by Crippen LogP contribution is -2.09. The van der Waals surface area contributed by atoms with Crippen LogP contribution in [0, 0.1) is 0 Å². The van der Waals surface area contributed by atoms with Crippen LogP contribution in [0.15, 0.2) is 0 Å². The van der Waals surface area contributed by atoms with Crippen LogP contribution >= 0.6 is 0 Å². The van der Waals surface area contributed by atoms with Crippen LogP contribution in [-0.4, -0.2) is 42.7 Å². The highest BCUT2D eigenvalue weighted by atomic mass is 32.3. The summed E-state index contributed by atoms with van der Waals surface area (Å²) >= 11 is 0. The average Bonchev–Trinajstić information content (AvgIpc) is 2.44. The molecule has 0 radical (unpaired) electrons. The summed E-state index contributed by atoms with van der Waals surface area (Å²) in [5.41, 5.74) is 0. The standard InChI is InChI=1S/C14H22O8S/c1-11(15)4-5-13(17)8-9-14(18)7-6-12(16)3-2-10-22-23(19,20)21/h2-10H2,1H3,(H,19,20,21). The Hall–Kier alpha value is -1.45.